The van der Waals surface area contributed by atoms with E-state index in [2.05, 4.69) is 31.9 Å². The molecule has 0 saturated heterocycles. The van der Waals surface area contributed by atoms with E-state index >= 15 is 0 Å². The lowest BCUT2D eigenvalue weighted by Crippen LogP contribution is -2.40. The second kappa shape index (κ2) is 6.24. The van der Waals surface area contributed by atoms with Gasteiger partial charge >= 0.3 is 6.03 Å². The minimum absolute atomic E-state index is 0.0515. The number of rotatable bonds is 3. The fourth-order valence-corrected chi connectivity index (χ4v) is 1.71. The average Bonchev–Trinajstić information content (AvgIpc) is 2.27. The lowest BCUT2D eigenvalue weighted by atomic mass is 10.2. The van der Waals surface area contributed by atoms with Crippen molar-refractivity contribution >= 4 is 33.6 Å². The third-order valence-electron chi connectivity index (χ3n) is 2.11. The Balaban J connectivity index is 2.50. The first-order valence-corrected chi connectivity index (χ1v) is 5.84. The molecule has 0 aromatic heterocycles. The number of halogens is 1. The first-order chi connectivity index (χ1) is 8.02. The fourth-order valence-electron chi connectivity index (χ4n) is 1.23. The molecule has 0 unspecified atom stereocenters. The summed E-state index contributed by atoms with van der Waals surface area (Å²) >= 11 is 3.36. The normalized spacial score (nSPS) is 9.59. The maximum absolute atomic E-state index is 11.3. The smallest absolute Gasteiger partial charge is 0.321 e. The summed E-state index contributed by atoms with van der Waals surface area (Å²) in [7, 11) is 1.45. The Morgan fingerprint density at radius 3 is 2.65 bits per heavy atom. The second-order valence-electron chi connectivity index (χ2n) is 3.44. The van der Waals surface area contributed by atoms with Crippen LogP contribution in [0.5, 0.6) is 0 Å². The second-order valence-corrected chi connectivity index (χ2v) is 4.36. The zero-order valence-electron chi connectivity index (χ0n) is 9.63. The van der Waals surface area contributed by atoms with Gasteiger partial charge in [0.1, 0.15) is 0 Å². The highest BCUT2D eigenvalue weighted by atomic mass is 79.9. The van der Waals surface area contributed by atoms with Crippen LogP contribution in [0.15, 0.2) is 22.7 Å². The van der Waals surface area contributed by atoms with E-state index in [0.717, 1.165) is 15.7 Å². The van der Waals surface area contributed by atoms with E-state index in [1.54, 1.807) is 0 Å². The molecule has 6 heteroatoms. The molecule has 0 spiro atoms. The van der Waals surface area contributed by atoms with Crippen LogP contribution in [-0.2, 0) is 4.79 Å². The number of nitrogens with one attached hydrogen (secondary N) is 3. The Kier molecular flexibility index (Phi) is 4.96. The van der Waals surface area contributed by atoms with Crippen molar-refractivity contribution in [3.8, 4) is 0 Å². The van der Waals surface area contributed by atoms with Crippen molar-refractivity contribution in [3.63, 3.8) is 0 Å². The van der Waals surface area contributed by atoms with Gasteiger partial charge in [-0.25, -0.2) is 4.79 Å². The summed E-state index contributed by atoms with van der Waals surface area (Å²) in [5.74, 6) is -0.383. The summed E-state index contributed by atoms with van der Waals surface area (Å²) in [6, 6.07) is 5.18. The molecule has 1 rings (SSSR count). The number of anilines is 1. The molecule has 17 heavy (non-hydrogen) atoms. The minimum atomic E-state index is -0.510. The van der Waals surface area contributed by atoms with E-state index in [0.29, 0.717) is 0 Å². The average molecular weight is 300 g/mol. The molecule has 3 N–H and O–H groups in total. The molecule has 1 aromatic carbocycles. The number of carbonyl (C=O) groups excluding carboxylic acids is 2. The van der Waals surface area contributed by atoms with Crippen LogP contribution >= 0.6 is 15.9 Å². The maximum atomic E-state index is 11.3. The largest absolute Gasteiger partial charge is 0.376 e. The van der Waals surface area contributed by atoms with Crippen LogP contribution in [0.2, 0.25) is 0 Å². The number of hydrogen-bond donors (Lipinski definition) is 3. The van der Waals surface area contributed by atoms with Crippen molar-refractivity contribution in [3.05, 3.63) is 28.2 Å². The molecule has 1 aromatic rings. The number of amides is 3. The lowest BCUT2D eigenvalue weighted by molar-refractivity contribution is -0.118. The van der Waals surface area contributed by atoms with Crippen LogP contribution in [0.25, 0.3) is 0 Å². The highest BCUT2D eigenvalue weighted by Gasteiger charge is 2.06. The predicted molar refractivity (Wildman–Crippen MR) is 70.0 cm³/mol. The van der Waals surface area contributed by atoms with Gasteiger partial charge in [0, 0.05) is 17.2 Å². The quantitative estimate of drug-likeness (QED) is 0.794. The van der Waals surface area contributed by atoms with Crippen LogP contribution in [0.3, 0.4) is 0 Å². The number of benzene rings is 1. The van der Waals surface area contributed by atoms with Crippen molar-refractivity contribution in [1.29, 1.82) is 0 Å². The molecule has 0 saturated carbocycles. The molecule has 92 valence electrons. The Bertz CT molecular complexity index is 435. The van der Waals surface area contributed by atoms with Gasteiger partial charge in [0.2, 0.25) is 5.91 Å². The van der Waals surface area contributed by atoms with E-state index in [-0.39, 0.29) is 12.5 Å². The summed E-state index contributed by atoms with van der Waals surface area (Å²) < 4.78 is 0.982. The summed E-state index contributed by atoms with van der Waals surface area (Å²) in [6.07, 6.45) is 0. The highest BCUT2D eigenvalue weighted by Crippen LogP contribution is 2.19. The standard InChI is InChI=1S/C11H14BrN3O2/c1-7-5-8(12)3-4-9(7)14-6-10(16)15-11(17)13-2/h3-5,14H,6H2,1-2H3,(H2,13,15,16,17). The zero-order chi connectivity index (χ0) is 12.8. The van der Waals surface area contributed by atoms with Crippen LogP contribution in [0.4, 0.5) is 10.5 Å². The molecule has 0 radical (unpaired) electrons. The minimum Gasteiger partial charge on any atom is -0.376 e. The monoisotopic (exact) mass is 299 g/mol. The first kappa shape index (κ1) is 13.5. The Morgan fingerprint density at radius 1 is 1.35 bits per heavy atom. The summed E-state index contributed by atoms with van der Waals surface area (Å²) in [5, 5.41) is 7.43. The van der Waals surface area contributed by atoms with Crippen molar-refractivity contribution in [2.24, 2.45) is 0 Å². The first-order valence-electron chi connectivity index (χ1n) is 5.04. The maximum Gasteiger partial charge on any atom is 0.321 e. The van der Waals surface area contributed by atoms with Gasteiger partial charge in [0.15, 0.2) is 0 Å². The van der Waals surface area contributed by atoms with E-state index in [1.165, 1.54) is 7.05 Å². The van der Waals surface area contributed by atoms with E-state index < -0.39 is 6.03 Å². The van der Waals surface area contributed by atoms with Gasteiger partial charge in [0.05, 0.1) is 6.54 Å². The van der Waals surface area contributed by atoms with E-state index in [9.17, 15) is 9.59 Å². The van der Waals surface area contributed by atoms with Gasteiger partial charge in [-0.1, -0.05) is 15.9 Å². The van der Waals surface area contributed by atoms with Gasteiger partial charge < -0.3 is 10.6 Å². The summed E-state index contributed by atoms with van der Waals surface area (Å²) in [5.41, 5.74) is 1.88. The number of urea groups is 1. The Hall–Kier alpha value is -1.56. The Morgan fingerprint density at radius 2 is 2.06 bits per heavy atom. The lowest BCUT2D eigenvalue weighted by Gasteiger charge is -2.09. The SMILES string of the molecule is CNC(=O)NC(=O)CNc1ccc(Br)cc1C. The van der Waals surface area contributed by atoms with Gasteiger partial charge in [-0.05, 0) is 30.7 Å². The van der Waals surface area contributed by atoms with Crippen LogP contribution in [0, 0.1) is 6.92 Å². The molecular formula is C11H14BrN3O2. The summed E-state index contributed by atoms with van der Waals surface area (Å²) in [6.45, 7) is 1.99. The molecule has 0 bridgehead atoms. The van der Waals surface area contributed by atoms with E-state index in [4.69, 9.17) is 0 Å². The van der Waals surface area contributed by atoms with E-state index in [1.807, 2.05) is 25.1 Å². The topological polar surface area (TPSA) is 70.2 Å². The molecule has 0 aliphatic heterocycles. The molecular weight excluding hydrogens is 286 g/mol. The van der Waals surface area contributed by atoms with Crippen LogP contribution in [-0.4, -0.2) is 25.5 Å². The molecule has 0 heterocycles. The van der Waals surface area contributed by atoms with Crippen molar-refractivity contribution < 1.29 is 9.59 Å². The van der Waals surface area contributed by atoms with Gasteiger partial charge in [0.25, 0.3) is 0 Å². The molecule has 5 nitrogen and oxygen atoms in total. The van der Waals surface area contributed by atoms with Crippen molar-refractivity contribution in [2.75, 3.05) is 18.9 Å². The predicted octanol–water partition coefficient (Wildman–Crippen LogP) is 1.63. The molecule has 0 fully saturated rings. The van der Waals surface area contributed by atoms with Crippen molar-refractivity contribution in [2.45, 2.75) is 6.92 Å². The van der Waals surface area contributed by atoms with Gasteiger partial charge in [-0.15, -0.1) is 0 Å². The third-order valence-corrected chi connectivity index (χ3v) is 2.60. The highest BCUT2D eigenvalue weighted by molar-refractivity contribution is 9.10. The molecule has 3 amide bonds. The number of carbonyl (C=O) groups is 2. The van der Waals surface area contributed by atoms with Gasteiger partial charge in [-0.2, -0.15) is 0 Å². The third kappa shape index (κ3) is 4.44. The number of imide groups is 1. The molecule has 0 atom stereocenters. The van der Waals surface area contributed by atoms with Crippen molar-refractivity contribution in [1.82, 2.24) is 10.6 Å². The molecule has 0 aliphatic rings. The molecule has 0 aliphatic carbocycles. The Labute approximate surface area is 108 Å². The summed E-state index contributed by atoms with van der Waals surface area (Å²) in [4.78, 5) is 22.2. The van der Waals surface area contributed by atoms with Crippen LogP contribution < -0.4 is 16.0 Å². The number of aryl methyl sites for hydroxylation is 1. The number of hydrogen-bond acceptors (Lipinski definition) is 3. The zero-order valence-corrected chi connectivity index (χ0v) is 11.2. The fraction of sp³-hybridized carbons (Fsp3) is 0.273. The van der Waals surface area contributed by atoms with Gasteiger partial charge in [-0.3, -0.25) is 10.1 Å². The van der Waals surface area contributed by atoms with Crippen LogP contribution in [0.1, 0.15) is 5.56 Å².